The first-order valence-corrected chi connectivity index (χ1v) is 20.5. The second-order valence-electron chi connectivity index (χ2n) is 16.6. The number of nitrogens with one attached hydrogen (secondary N) is 1. The molecular weight excluding hydrogens is 715 g/mol. The Balaban J connectivity index is 1.12. The average Bonchev–Trinajstić information content (AvgIpc) is 3.63. The molecule has 0 saturated carbocycles. The molecular formula is C55H39BN2O. The molecule has 1 aromatic heterocycles. The Bertz CT molecular complexity index is 3290. The van der Waals surface area contributed by atoms with Gasteiger partial charge in [-0.15, -0.1) is 0 Å². The maximum absolute atomic E-state index is 6.81. The maximum Gasteiger partial charge on any atom is 0.198 e. The molecule has 4 heteroatoms. The van der Waals surface area contributed by atoms with Gasteiger partial charge in [-0.1, -0.05) is 153 Å². The molecule has 0 saturated heterocycles. The summed E-state index contributed by atoms with van der Waals surface area (Å²) in [7, 11) is 0.812. The zero-order chi connectivity index (χ0) is 39.2. The number of hydrogen-bond donors (Lipinski definition) is 1. The van der Waals surface area contributed by atoms with Crippen LogP contribution in [-0.2, 0) is 5.41 Å². The van der Waals surface area contributed by atoms with Gasteiger partial charge in [-0.25, -0.2) is 0 Å². The molecule has 3 heterocycles. The summed E-state index contributed by atoms with van der Waals surface area (Å²) >= 11 is 0. The predicted octanol–water partition coefficient (Wildman–Crippen LogP) is 13.3. The van der Waals surface area contributed by atoms with Gasteiger partial charge >= 0.3 is 0 Å². The highest BCUT2D eigenvalue weighted by Crippen LogP contribution is 2.53. The highest BCUT2D eigenvalue weighted by atomic mass is 16.3. The Morgan fingerprint density at radius 1 is 0.492 bits per heavy atom. The summed E-state index contributed by atoms with van der Waals surface area (Å²) in [4.78, 5) is 2.56. The minimum absolute atomic E-state index is 0.139. The summed E-state index contributed by atoms with van der Waals surface area (Å²) in [5, 5.41) is 8.51. The fourth-order valence-electron chi connectivity index (χ4n) is 9.85. The molecule has 0 aliphatic carbocycles. The second kappa shape index (κ2) is 12.9. The van der Waals surface area contributed by atoms with Crippen LogP contribution in [0.15, 0.2) is 192 Å². The number of nitrogens with zero attached hydrogens (tertiary/aromatic N) is 1. The van der Waals surface area contributed by atoms with Crippen molar-refractivity contribution >= 4 is 79.4 Å². The molecule has 2 aliphatic heterocycles. The van der Waals surface area contributed by atoms with E-state index < -0.39 is 0 Å². The molecule has 2 aliphatic rings. The fraction of sp³-hybridized carbons (Fsp3) is 0.0545. The number of para-hydroxylation sites is 2. The molecule has 0 fully saturated rings. The van der Waals surface area contributed by atoms with Crippen molar-refractivity contribution in [3.8, 4) is 33.4 Å². The minimum atomic E-state index is -0.139. The molecule has 9 aromatic carbocycles. The van der Waals surface area contributed by atoms with Crippen LogP contribution in [0.4, 0.5) is 28.4 Å². The largest absolute Gasteiger partial charge is 0.456 e. The zero-order valence-corrected chi connectivity index (χ0v) is 33.0. The minimum Gasteiger partial charge on any atom is -0.456 e. The zero-order valence-electron chi connectivity index (χ0n) is 33.0. The molecule has 0 amide bonds. The van der Waals surface area contributed by atoms with E-state index in [4.69, 9.17) is 4.42 Å². The molecule has 0 atom stereocenters. The summed E-state index contributed by atoms with van der Waals surface area (Å²) in [6.07, 6.45) is 0. The lowest BCUT2D eigenvalue weighted by Gasteiger charge is -2.46. The van der Waals surface area contributed by atoms with Crippen LogP contribution in [0.3, 0.4) is 0 Å². The average molecular weight is 755 g/mol. The SMILES string of the molecule is CC1(C)c2ccccc2N2c3cc(-c4ccccc4)cc(-c4cc5oc6cc7ccccc7cc6c5cc4Nc4ccc(-c5ccccc5)cc4)c3Bc3cccc1c32. The van der Waals surface area contributed by atoms with Crippen molar-refractivity contribution in [2.24, 2.45) is 0 Å². The molecule has 278 valence electrons. The number of furan rings is 1. The summed E-state index contributed by atoms with van der Waals surface area (Å²) in [5.74, 6) is 0. The highest BCUT2D eigenvalue weighted by molar-refractivity contribution is 6.73. The molecule has 0 spiro atoms. The van der Waals surface area contributed by atoms with E-state index in [2.05, 4.69) is 212 Å². The molecule has 1 N–H and O–H groups in total. The number of rotatable bonds is 5. The third-order valence-corrected chi connectivity index (χ3v) is 12.8. The van der Waals surface area contributed by atoms with Gasteiger partial charge < -0.3 is 14.6 Å². The van der Waals surface area contributed by atoms with Gasteiger partial charge in [0.05, 0.1) is 5.69 Å². The van der Waals surface area contributed by atoms with Crippen LogP contribution >= 0.6 is 0 Å². The number of anilines is 5. The van der Waals surface area contributed by atoms with Gasteiger partial charge in [0, 0.05) is 44.5 Å². The lowest BCUT2D eigenvalue weighted by molar-refractivity contribution is 0.632. The third kappa shape index (κ3) is 5.30. The van der Waals surface area contributed by atoms with Crippen molar-refractivity contribution in [1.29, 1.82) is 0 Å². The van der Waals surface area contributed by atoms with Gasteiger partial charge in [0.25, 0.3) is 0 Å². The Morgan fingerprint density at radius 2 is 1.12 bits per heavy atom. The molecule has 12 rings (SSSR count). The smallest absolute Gasteiger partial charge is 0.198 e. The lowest BCUT2D eigenvalue weighted by atomic mass is 9.55. The first kappa shape index (κ1) is 33.8. The predicted molar refractivity (Wildman–Crippen MR) is 250 cm³/mol. The van der Waals surface area contributed by atoms with Gasteiger partial charge in [-0.05, 0) is 110 Å². The van der Waals surface area contributed by atoms with Crippen molar-refractivity contribution in [2.45, 2.75) is 19.3 Å². The maximum atomic E-state index is 6.81. The third-order valence-electron chi connectivity index (χ3n) is 12.8. The summed E-state index contributed by atoms with van der Waals surface area (Å²) < 4.78 is 6.81. The van der Waals surface area contributed by atoms with Crippen LogP contribution in [0.25, 0.3) is 66.1 Å². The molecule has 0 radical (unpaired) electrons. The summed E-state index contributed by atoms with van der Waals surface area (Å²) in [6.45, 7) is 4.74. The van der Waals surface area contributed by atoms with E-state index >= 15 is 0 Å². The Hall–Kier alpha value is -7.30. The van der Waals surface area contributed by atoms with E-state index in [9.17, 15) is 0 Å². The van der Waals surface area contributed by atoms with E-state index in [1.165, 1.54) is 77.7 Å². The normalized spacial score (nSPS) is 13.5. The van der Waals surface area contributed by atoms with Crippen molar-refractivity contribution < 1.29 is 4.42 Å². The van der Waals surface area contributed by atoms with E-state index in [0.717, 1.165) is 46.2 Å². The molecule has 59 heavy (non-hydrogen) atoms. The van der Waals surface area contributed by atoms with Crippen LogP contribution in [-0.4, -0.2) is 7.28 Å². The van der Waals surface area contributed by atoms with E-state index in [0.29, 0.717) is 0 Å². The Labute approximate surface area is 344 Å². The summed E-state index contributed by atoms with van der Waals surface area (Å²) in [5.41, 5.74) is 19.9. The monoisotopic (exact) mass is 754 g/mol. The van der Waals surface area contributed by atoms with E-state index in [1.807, 2.05) is 0 Å². The Morgan fingerprint density at radius 3 is 1.90 bits per heavy atom. The first-order valence-electron chi connectivity index (χ1n) is 20.5. The van der Waals surface area contributed by atoms with Crippen molar-refractivity contribution in [2.75, 3.05) is 10.2 Å². The first-order chi connectivity index (χ1) is 29.0. The number of hydrogen-bond acceptors (Lipinski definition) is 3. The van der Waals surface area contributed by atoms with Crippen molar-refractivity contribution in [1.82, 2.24) is 0 Å². The van der Waals surface area contributed by atoms with Gasteiger partial charge in [0.2, 0.25) is 0 Å². The number of benzene rings is 9. The molecule has 10 aromatic rings. The van der Waals surface area contributed by atoms with Crippen LogP contribution in [0.2, 0.25) is 0 Å². The van der Waals surface area contributed by atoms with Crippen LogP contribution in [0.5, 0.6) is 0 Å². The fourth-order valence-corrected chi connectivity index (χ4v) is 9.85. The van der Waals surface area contributed by atoms with Gasteiger partial charge in [0.15, 0.2) is 7.28 Å². The standard InChI is InChI=1S/C55H39BN2O/c1-55(2)45-20-11-12-23-49(45)58-50-30-39(35-16-7-4-8-17-35)29-44(53(50)56-47-22-13-21-46(55)54(47)58)41-33-52-43(42-28-37-18-9-10-19-38(37)31-51(42)59-52)32-48(41)57-40-26-24-36(25-27-40)34-14-5-3-6-15-34/h3-33,56-57H,1-2H3. The molecule has 0 unspecified atom stereocenters. The van der Waals surface area contributed by atoms with Gasteiger partial charge in [-0.3, -0.25) is 0 Å². The van der Waals surface area contributed by atoms with E-state index in [1.54, 1.807) is 0 Å². The van der Waals surface area contributed by atoms with E-state index in [-0.39, 0.29) is 5.41 Å². The molecule has 3 nitrogen and oxygen atoms in total. The van der Waals surface area contributed by atoms with Crippen molar-refractivity contribution in [3.63, 3.8) is 0 Å². The van der Waals surface area contributed by atoms with Crippen LogP contribution in [0, 0.1) is 0 Å². The second-order valence-corrected chi connectivity index (χ2v) is 16.6. The molecule has 0 bridgehead atoms. The number of fused-ring (bicyclic) bond motifs is 8. The lowest BCUT2D eigenvalue weighted by Crippen LogP contribution is -2.45. The topological polar surface area (TPSA) is 28.4 Å². The van der Waals surface area contributed by atoms with Gasteiger partial charge in [0.1, 0.15) is 11.2 Å². The quantitative estimate of drug-likeness (QED) is 0.177. The van der Waals surface area contributed by atoms with Crippen LogP contribution < -0.4 is 21.1 Å². The Kier molecular flexibility index (Phi) is 7.37. The van der Waals surface area contributed by atoms with Gasteiger partial charge in [-0.2, -0.15) is 0 Å². The van der Waals surface area contributed by atoms with Crippen LogP contribution in [0.1, 0.15) is 25.0 Å². The van der Waals surface area contributed by atoms with Crippen molar-refractivity contribution in [3.05, 3.63) is 199 Å². The summed E-state index contributed by atoms with van der Waals surface area (Å²) in [6, 6.07) is 68.5. The highest BCUT2D eigenvalue weighted by Gasteiger charge is 2.41.